The summed E-state index contributed by atoms with van der Waals surface area (Å²) in [6.45, 7) is 1.62. The van der Waals surface area contributed by atoms with Gasteiger partial charge < -0.3 is 5.32 Å². The molecule has 0 heterocycles. The summed E-state index contributed by atoms with van der Waals surface area (Å²) in [6, 6.07) is 14.9. The minimum atomic E-state index is -4.16. The smallest absolute Gasteiger partial charge is 0.262 e. The van der Waals surface area contributed by atoms with Crippen molar-refractivity contribution in [3.05, 3.63) is 83.7 Å². The molecule has 11 heteroatoms. The summed E-state index contributed by atoms with van der Waals surface area (Å²) >= 11 is 0. The number of rotatable bonds is 7. The van der Waals surface area contributed by atoms with E-state index < -0.39 is 31.8 Å². The normalized spacial score (nSPS) is 11.7. The number of aryl methyl sites for hydroxylation is 1. The van der Waals surface area contributed by atoms with Crippen molar-refractivity contribution in [2.75, 3.05) is 17.1 Å². The van der Waals surface area contributed by atoms with Crippen molar-refractivity contribution in [3.63, 3.8) is 0 Å². The molecule has 0 aliphatic carbocycles. The number of carbonyl (C=O) groups excluding carboxylic acids is 1. The summed E-state index contributed by atoms with van der Waals surface area (Å²) < 4.78 is 67.7. The SMILES string of the molecule is CNS(=O)(=O)c1cc(NC(=O)c2cccc(S(=O)(=O)Nc3ccccc3F)c2)ccc1C. The topological polar surface area (TPSA) is 121 Å². The minimum absolute atomic E-state index is 0.00298. The number of sulfonamides is 2. The van der Waals surface area contributed by atoms with Crippen LogP contribution in [-0.2, 0) is 20.0 Å². The van der Waals surface area contributed by atoms with Crippen LogP contribution in [0.5, 0.6) is 0 Å². The molecule has 3 N–H and O–H groups in total. The highest BCUT2D eigenvalue weighted by Gasteiger charge is 2.19. The zero-order valence-corrected chi connectivity index (χ0v) is 18.7. The van der Waals surface area contributed by atoms with E-state index in [-0.39, 0.29) is 26.7 Å². The maximum absolute atomic E-state index is 13.8. The number of hydrogen-bond donors (Lipinski definition) is 3. The first kappa shape index (κ1) is 23.4. The van der Waals surface area contributed by atoms with E-state index in [2.05, 4.69) is 14.8 Å². The van der Waals surface area contributed by atoms with Gasteiger partial charge in [-0.2, -0.15) is 0 Å². The Morgan fingerprint density at radius 1 is 0.875 bits per heavy atom. The molecule has 3 aromatic carbocycles. The Labute approximate surface area is 185 Å². The number of carbonyl (C=O) groups is 1. The highest BCUT2D eigenvalue weighted by Crippen LogP contribution is 2.22. The van der Waals surface area contributed by atoms with Crippen molar-refractivity contribution in [1.82, 2.24) is 4.72 Å². The number of hydrogen-bond acceptors (Lipinski definition) is 5. The molecule has 1 amide bonds. The number of nitrogens with one attached hydrogen (secondary N) is 3. The highest BCUT2D eigenvalue weighted by atomic mass is 32.2. The van der Waals surface area contributed by atoms with Gasteiger partial charge in [-0.05, 0) is 62.0 Å². The molecule has 32 heavy (non-hydrogen) atoms. The zero-order chi connectivity index (χ0) is 23.5. The average molecular weight is 478 g/mol. The zero-order valence-electron chi connectivity index (χ0n) is 17.1. The van der Waals surface area contributed by atoms with Gasteiger partial charge in [0.15, 0.2) is 0 Å². The third kappa shape index (κ3) is 5.13. The van der Waals surface area contributed by atoms with Crippen LogP contribution in [0.1, 0.15) is 15.9 Å². The van der Waals surface area contributed by atoms with Crippen LogP contribution >= 0.6 is 0 Å². The van der Waals surface area contributed by atoms with Crippen molar-refractivity contribution in [3.8, 4) is 0 Å². The van der Waals surface area contributed by atoms with Crippen LogP contribution in [0.2, 0.25) is 0 Å². The molecule has 0 saturated carbocycles. The molecule has 0 bridgehead atoms. The molecule has 3 aromatic rings. The van der Waals surface area contributed by atoms with Crippen LogP contribution in [-0.4, -0.2) is 29.8 Å². The number of para-hydroxylation sites is 1. The van der Waals surface area contributed by atoms with Crippen LogP contribution in [0.15, 0.2) is 76.5 Å². The molecule has 0 aliphatic heterocycles. The van der Waals surface area contributed by atoms with E-state index >= 15 is 0 Å². The number of anilines is 2. The first-order valence-corrected chi connectivity index (χ1v) is 12.2. The average Bonchev–Trinajstić information content (AvgIpc) is 2.76. The van der Waals surface area contributed by atoms with Crippen LogP contribution in [0.4, 0.5) is 15.8 Å². The van der Waals surface area contributed by atoms with Crippen molar-refractivity contribution in [1.29, 1.82) is 0 Å². The Bertz CT molecular complexity index is 1390. The lowest BCUT2D eigenvalue weighted by atomic mass is 10.2. The molecule has 3 rings (SSSR count). The van der Waals surface area contributed by atoms with E-state index in [4.69, 9.17) is 0 Å². The standard InChI is InChI=1S/C21H20FN3O5S2/c1-14-10-11-16(13-20(14)32(29,30)23-2)24-21(26)15-6-5-7-17(12-15)31(27,28)25-19-9-4-3-8-18(19)22/h3-13,23,25H,1-2H3,(H,24,26). The summed E-state index contributed by atoms with van der Waals surface area (Å²) in [5.41, 5.74) is 0.497. The fraction of sp³-hybridized carbons (Fsp3) is 0.0952. The molecule has 0 atom stereocenters. The van der Waals surface area contributed by atoms with Gasteiger partial charge in [0, 0.05) is 11.3 Å². The Kier molecular flexibility index (Phi) is 6.63. The molecule has 0 aromatic heterocycles. The molecule has 0 saturated heterocycles. The van der Waals surface area contributed by atoms with E-state index in [1.165, 1.54) is 55.6 Å². The summed E-state index contributed by atoms with van der Waals surface area (Å²) in [5, 5.41) is 2.55. The van der Waals surface area contributed by atoms with Gasteiger partial charge >= 0.3 is 0 Å². The Hall–Kier alpha value is -3.28. The van der Waals surface area contributed by atoms with Gasteiger partial charge in [0.1, 0.15) is 5.82 Å². The molecule has 0 spiro atoms. The Morgan fingerprint density at radius 2 is 1.59 bits per heavy atom. The van der Waals surface area contributed by atoms with Gasteiger partial charge in [-0.15, -0.1) is 0 Å². The molecule has 0 fully saturated rings. The van der Waals surface area contributed by atoms with Gasteiger partial charge in [-0.3, -0.25) is 9.52 Å². The maximum atomic E-state index is 13.8. The predicted octanol–water partition coefficient (Wildman–Crippen LogP) is 3.10. The second kappa shape index (κ2) is 9.07. The number of halogens is 1. The van der Waals surface area contributed by atoms with Gasteiger partial charge in [0.25, 0.3) is 15.9 Å². The first-order chi connectivity index (χ1) is 15.0. The van der Waals surface area contributed by atoms with Crippen LogP contribution < -0.4 is 14.8 Å². The van der Waals surface area contributed by atoms with Gasteiger partial charge in [-0.25, -0.2) is 25.9 Å². The highest BCUT2D eigenvalue weighted by molar-refractivity contribution is 7.92. The van der Waals surface area contributed by atoms with E-state index in [0.29, 0.717) is 5.56 Å². The minimum Gasteiger partial charge on any atom is -0.322 e. The van der Waals surface area contributed by atoms with Crippen molar-refractivity contribution < 1.29 is 26.0 Å². The molecule has 0 radical (unpaired) electrons. The van der Waals surface area contributed by atoms with E-state index in [0.717, 1.165) is 12.1 Å². The van der Waals surface area contributed by atoms with Gasteiger partial charge in [0.05, 0.1) is 15.5 Å². The molecular formula is C21H20FN3O5S2. The maximum Gasteiger partial charge on any atom is 0.262 e. The van der Waals surface area contributed by atoms with Crippen LogP contribution in [0, 0.1) is 12.7 Å². The summed E-state index contributed by atoms with van der Waals surface area (Å²) in [6.07, 6.45) is 0. The first-order valence-electron chi connectivity index (χ1n) is 9.26. The van der Waals surface area contributed by atoms with Crippen molar-refractivity contribution >= 4 is 37.3 Å². The van der Waals surface area contributed by atoms with E-state index in [1.54, 1.807) is 13.0 Å². The fourth-order valence-electron chi connectivity index (χ4n) is 2.83. The lowest BCUT2D eigenvalue weighted by Crippen LogP contribution is -2.20. The van der Waals surface area contributed by atoms with Crippen LogP contribution in [0.3, 0.4) is 0 Å². The van der Waals surface area contributed by atoms with Crippen molar-refractivity contribution in [2.24, 2.45) is 0 Å². The largest absolute Gasteiger partial charge is 0.322 e. The van der Waals surface area contributed by atoms with Gasteiger partial charge in [-0.1, -0.05) is 24.3 Å². The van der Waals surface area contributed by atoms with Crippen molar-refractivity contribution in [2.45, 2.75) is 16.7 Å². The van der Waals surface area contributed by atoms with E-state index in [1.807, 2.05) is 0 Å². The summed E-state index contributed by atoms with van der Waals surface area (Å²) in [5.74, 6) is -1.39. The van der Waals surface area contributed by atoms with Crippen LogP contribution in [0.25, 0.3) is 0 Å². The second-order valence-electron chi connectivity index (χ2n) is 6.76. The molecular weight excluding hydrogens is 457 g/mol. The molecule has 0 unspecified atom stereocenters. The lowest BCUT2D eigenvalue weighted by molar-refractivity contribution is 0.102. The molecule has 0 aliphatic rings. The second-order valence-corrected chi connectivity index (χ2v) is 10.3. The predicted molar refractivity (Wildman–Crippen MR) is 119 cm³/mol. The summed E-state index contributed by atoms with van der Waals surface area (Å²) in [7, 11) is -6.61. The number of amides is 1. The lowest BCUT2D eigenvalue weighted by Gasteiger charge is -2.12. The van der Waals surface area contributed by atoms with Gasteiger partial charge in [0.2, 0.25) is 10.0 Å². The Balaban J connectivity index is 1.86. The Morgan fingerprint density at radius 3 is 2.28 bits per heavy atom. The van der Waals surface area contributed by atoms with E-state index in [9.17, 15) is 26.0 Å². The number of benzene rings is 3. The third-order valence-corrected chi connectivity index (χ3v) is 7.45. The quantitative estimate of drug-likeness (QED) is 0.483. The monoisotopic (exact) mass is 477 g/mol. The molecule has 168 valence electrons. The summed E-state index contributed by atoms with van der Waals surface area (Å²) in [4.78, 5) is 12.4. The fourth-order valence-corrected chi connectivity index (χ4v) is 4.94. The third-order valence-electron chi connectivity index (χ3n) is 4.53. The molecule has 8 nitrogen and oxygen atoms in total.